The third-order valence-electron chi connectivity index (χ3n) is 3.76. The second-order valence-corrected chi connectivity index (χ2v) is 7.04. The molecule has 1 atom stereocenters. The molecule has 5 N–H and O–H groups in total. The van der Waals surface area contributed by atoms with Crippen LogP contribution in [-0.2, 0) is 9.09 Å². The van der Waals surface area contributed by atoms with Crippen LogP contribution in [0.25, 0.3) is 0 Å². The van der Waals surface area contributed by atoms with E-state index >= 15 is 0 Å². The van der Waals surface area contributed by atoms with Crippen molar-refractivity contribution in [3.63, 3.8) is 0 Å². The molecule has 1 heterocycles. The summed E-state index contributed by atoms with van der Waals surface area (Å²) in [6, 6.07) is 6.72. The number of phosphoric acid groups is 1. The van der Waals surface area contributed by atoms with E-state index in [0.717, 1.165) is 5.56 Å². The van der Waals surface area contributed by atoms with E-state index < -0.39 is 13.4 Å². The summed E-state index contributed by atoms with van der Waals surface area (Å²) in [6.45, 7) is 1.91. The van der Waals surface area contributed by atoms with Gasteiger partial charge >= 0.3 is 7.82 Å². The van der Waals surface area contributed by atoms with Crippen molar-refractivity contribution in [1.82, 2.24) is 4.90 Å². The van der Waals surface area contributed by atoms with Gasteiger partial charge in [0, 0.05) is 24.4 Å². The van der Waals surface area contributed by atoms with Gasteiger partial charge in [0.15, 0.2) is 0 Å². The van der Waals surface area contributed by atoms with Crippen molar-refractivity contribution < 1.29 is 23.7 Å². The van der Waals surface area contributed by atoms with E-state index in [2.05, 4.69) is 4.52 Å². The van der Waals surface area contributed by atoms with Gasteiger partial charge in [-0.05, 0) is 31.0 Å². The molecule has 0 aliphatic carbocycles. The third-order valence-corrected chi connectivity index (χ3v) is 4.22. The number of nitrogens with two attached hydrogens (primary N) is 1. The number of likely N-dealkylation sites (tertiary alicyclic amines) is 1. The molecule has 1 aliphatic heterocycles. The fraction of sp³-hybridized carbons (Fsp3) is 0.429. The van der Waals surface area contributed by atoms with E-state index in [1.807, 2.05) is 0 Å². The molecule has 1 aliphatic rings. The Kier molecular flexibility index (Phi) is 5.03. The van der Waals surface area contributed by atoms with Crippen LogP contribution in [0.3, 0.4) is 0 Å². The molecule has 126 valence electrons. The lowest BCUT2D eigenvalue weighted by Gasteiger charge is -2.24. The van der Waals surface area contributed by atoms with Crippen molar-refractivity contribution in [2.24, 2.45) is 5.73 Å². The maximum Gasteiger partial charge on any atom is 0.469 e. The standard InChI is InChI=1S/C14H20N3O5P/c1-10(15)11-2-4-12(5-3-11)13(18)17-7-6-14(16,8-17)9-22-23(19,20)21/h2-5,15H,6-9,16H2,1H3,(H2,19,20,21). The van der Waals surface area contributed by atoms with Gasteiger partial charge in [0.1, 0.15) is 0 Å². The molecule has 0 saturated carbocycles. The van der Waals surface area contributed by atoms with Crippen LogP contribution in [0.15, 0.2) is 24.3 Å². The molecule has 0 bridgehead atoms. The number of amides is 1. The number of carbonyl (C=O) groups is 1. The van der Waals surface area contributed by atoms with E-state index in [1.165, 1.54) is 4.90 Å². The monoisotopic (exact) mass is 341 g/mol. The number of phosphoric ester groups is 1. The first-order valence-corrected chi connectivity index (χ1v) is 8.57. The summed E-state index contributed by atoms with van der Waals surface area (Å²) >= 11 is 0. The van der Waals surface area contributed by atoms with Gasteiger partial charge in [-0.1, -0.05) is 12.1 Å². The van der Waals surface area contributed by atoms with Crippen molar-refractivity contribution >= 4 is 19.4 Å². The Morgan fingerprint density at radius 1 is 1.39 bits per heavy atom. The Bertz CT molecular complexity index is 657. The van der Waals surface area contributed by atoms with Gasteiger partial charge in [-0.3, -0.25) is 9.32 Å². The topological polar surface area (TPSA) is 137 Å². The quantitative estimate of drug-likeness (QED) is 0.460. The van der Waals surface area contributed by atoms with Crippen molar-refractivity contribution in [3.05, 3.63) is 35.4 Å². The van der Waals surface area contributed by atoms with Gasteiger partial charge in [-0.15, -0.1) is 0 Å². The van der Waals surface area contributed by atoms with E-state index in [0.29, 0.717) is 24.2 Å². The molecule has 1 amide bonds. The minimum atomic E-state index is -4.58. The molecule has 0 spiro atoms. The summed E-state index contributed by atoms with van der Waals surface area (Å²) < 4.78 is 15.2. The van der Waals surface area contributed by atoms with E-state index in [4.69, 9.17) is 20.9 Å². The largest absolute Gasteiger partial charge is 0.469 e. The summed E-state index contributed by atoms with van der Waals surface area (Å²) in [4.78, 5) is 31.5. The van der Waals surface area contributed by atoms with Crippen LogP contribution in [0.2, 0.25) is 0 Å². The van der Waals surface area contributed by atoms with E-state index in [-0.39, 0.29) is 19.1 Å². The molecule has 23 heavy (non-hydrogen) atoms. The van der Waals surface area contributed by atoms with Crippen LogP contribution < -0.4 is 5.73 Å². The van der Waals surface area contributed by atoms with E-state index in [1.54, 1.807) is 31.2 Å². The highest BCUT2D eigenvalue weighted by Gasteiger charge is 2.38. The molecule has 1 fully saturated rings. The number of nitrogens with zero attached hydrogens (tertiary/aromatic N) is 1. The summed E-state index contributed by atoms with van der Waals surface area (Å²) in [5, 5.41) is 7.54. The summed E-state index contributed by atoms with van der Waals surface area (Å²) in [6.07, 6.45) is 0.399. The van der Waals surface area contributed by atoms with Crippen molar-refractivity contribution in [1.29, 1.82) is 5.41 Å². The molecule has 1 aromatic rings. The second kappa shape index (κ2) is 6.51. The number of nitrogens with one attached hydrogen (secondary N) is 1. The molecular formula is C14H20N3O5P. The summed E-state index contributed by atoms with van der Waals surface area (Å²) in [5.41, 5.74) is 6.72. The Labute approximate surface area is 134 Å². The number of carbonyl (C=O) groups excluding carboxylic acids is 1. The normalized spacial score (nSPS) is 21.5. The van der Waals surface area contributed by atoms with Gasteiger partial charge in [-0.25, -0.2) is 4.57 Å². The lowest BCUT2D eigenvalue weighted by atomic mass is 10.0. The SMILES string of the molecule is CC(=N)c1ccc(C(=O)N2CCC(N)(COP(=O)(O)O)C2)cc1. The highest BCUT2D eigenvalue weighted by atomic mass is 31.2. The molecule has 0 radical (unpaired) electrons. The maximum absolute atomic E-state index is 12.4. The maximum atomic E-state index is 12.4. The van der Waals surface area contributed by atoms with Gasteiger partial charge in [-0.2, -0.15) is 0 Å². The Balaban J connectivity index is 2.01. The highest BCUT2D eigenvalue weighted by Crippen LogP contribution is 2.37. The second-order valence-electron chi connectivity index (χ2n) is 5.81. The molecule has 2 rings (SSSR count). The lowest BCUT2D eigenvalue weighted by Crippen LogP contribution is -2.47. The Morgan fingerprint density at radius 3 is 2.48 bits per heavy atom. The molecule has 1 unspecified atom stereocenters. The first-order valence-electron chi connectivity index (χ1n) is 7.03. The minimum Gasteiger partial charge on any atom is -0.337 e. The summed E-state index contributed by atoms with van der Waals surface area (Å²) in [5.74, 6) is -0.206. The van der Waals surface area contributed by atoms with Crippen LogP contribution >= 0.6 is 7.82 Å². The lowest BCUT2D eigenvalue weighted by molar-refractivity contribution is 0.0774. The number of rotatable bonds is 5. The molecule has 9 heteroatoms. The molecular weight excluding hydrogens is 321 g/mol. The number of benzene rings is 1. The van der Waals surface area contributed by atoms with Gasteiger partial charge in [0.05, 0.1) is 12.1 Å². The highest BCUT2D eigenvalue weighted by molar-refractivity contribution is 7.46. The fourth-order valence-electron chi connectivity index (χ4n) is 2.45. The van der Waals surface area contributed by atoms with Crippen molar-refractivity contribution in [2.75, 3.05) is 19.7 Å². The van der Waals surface area contributed by atoms with Crippen molar-refractivity contribution in [2.45, 2.75) is 18.9 Å². The van der Waals surface area contributed by atoms with Crippen LogP contribution in [0.1, 0.15) is 29.3 Å². The zero-order valence-corrected chi connectivity index (χ0v) is 13.6. The van der Waals surface area contributed by atoms with E-state index in [9.17, 15) is 9.36 Å². The van der Waals surface area contributed by atoms with Crippen molar-refractivity contribution in [3.8, 4) is 0 Å². The van der Waals surface area contributed by atoms with Gasteiger partial charge < -0.3 is 25.8 Å². The minimum absolute atomic E-state index is 0.164. The van der Waals surface area contributed by atoms with Gasteiger partial charge in [0.2, 0.25) is 0 Å². The fourth-order valence-corrected chi connectivity index (χ4v) is 2.87. The Morgan fingerprint density at radius 2 is 1.96 bits per heavy atom. The van der Waals surface area contributed by atoms with Crippen LogP contribution in [0, 0.1) is 5.41 Å². The number of hydrogen-bond acceptors (Lipinski definition) is 5. The zero-order chi connectivity index (χ0) is 17.3. The predicted molar refractivity (Wildman–Crippen MR) is 84.4 cm³/mol. The first kappa shape index (κ1) is 17.8. The van der Waals surface area contributed by atoms with Crippen LogP contribution in [0.4, 0.5) is 0 Å². The molecule has 1 aromatic carbocycles. The average molecular weight is 341 g/mol. The van der Waals surface area contributed by atoms with Crippen LogP contribution in [0.5, 0.6) is 0 Å². The van der Waals surface area contributed by atoms with Crippen LogP contribution in [-0.4, -0.2) is 51.5 Å². The molecule has 8 nitrogen and oxygen atoms in total. The van der Waals surface area contributed by atoms with Gasteiger partial charge in [0.25, 0.3) is 5.91 Å². The summed E-state index contributed by atoms with van der Waals surface area (Å²) in [7, 11) is -4.58. The smallest absolute Gasteiger partial charge is 0.337 e. The molecule has 0 aromatic heterocycles. The first-order chi connectivity index (χ1) is 10.6. The molecule has 1 saturated heterocycles. The third kappa shape index (κ3) is 4.70. The number of hydrogen-bond donors (Lipinski definition) is 4. The average Bonchev–Trinajstić information content (AvgIpc) is 2.87. The predicted octanol–water partition coefficient (Wildman–Crippen LogP) is 0.727. The zero-order valence-electron chi connectivity index (χ0n) is 12.7. The Hall–Kier alpha value is -1.57.